The number of hydrogen-bond donors (Lipinski definition) is 0. The fourth-order valence-corrected chi connectivity index (χ4v) is 4.84. The minimum Gasteiger partial charge on any atom is -0.261 e. The molecule has 2 rings (SSSR count). The molecule has 0 saturated heterocycles. The van der Waals surface area contributed by atoms with Crippen molar-refractivity contribution < 1.29 is 0 Å². The van der Waals surface area contributed by atoms with Crippen LogP contribution >= 0.6 is 0 Å². The predicted octanol–water partition coefficient (Wildman–Crippen LogP) is 3.69. The van der Waals surface area contributed by atoms with Crippen LogP contribution in [0.1, 0.15) is 35.2 Å². The van der Waals surface area contributed by atoms with E-state index in [-0.39, 0.29) is 0 Å². The Balaban J connectivity index is 2.48. The van der Waals surface area contributed by atoms with Gasteiger partial charge in [0, 0.05) is 11.9 Å². The zero-order chi connectivity index (χ0) is 11.1. The second kappa shape index (κ2) is 3.74. The third-order valence-electron chi connectivity index (χ3n) is 3.62. The van der Waals surface area contributed by atoms with Gasteiger partial charge in [-0.2, -0.15) is 0 Å². The Labute approximate surface area is 93.9 Å². The summed E-state index contributed by atoms with van der Waals surface area (Å²) >= 11 is 0. The minimum atomic E-state index is -1.09. The zero-order valence-electron chi connectivity index (χ0n) is 10.3. The number of nitrogens with zero attached hydrogens (tertiary/aromatic N) is 1. The molecule has 0 aliphatic heterocycles. The van der Waals surface area contributed by atoms with Crippen molar-refractivity contribution in [2.75, 3.05) is 0 Å². The van der Waals surface area contributed by atoms with Crippen molar-refractivity contribution in [2.45, 2.75) is 51.4 Å². The maximum Gasteiger partial charge on any atom is 0.0541 e. The zero-order valence-corrected chi connectivity index (χ0v) is 11.3. The molecule has 2 heteroatoms. The molecule has 0 amide bonds. The first-order valence-electron chi connectivity index (χ1n) is 5.94. The molecule has 1 atom stereocenters. The van der Waals surface area contributed by atoms with Crippen LogP contribution in [0.3, 0.4) is 0 Å². The molecule has 0 aromatic carbocycles. The van der Waals surface area contributed by atoms with E-state index in [9.17, 15) is 0 Å². The molecule has 0 radical (unpaired) electrons. The van der Waals surface area contributed by atoms with Crippen molar-refractivity contribution in [1.29, 1.82) is 0 Å². The molecule has 1 aromatic rings. The van der Waals surface area contributed by atoms with E-state index in [2.05, 4.69) is 37.6 Å². The van der Waals surface area contributed by atoms with E-state index >= 15 is 0 Å². The van der Waals surface area contributed by atoms with Gasteiger partial charge in [0.2, 0.25) is 0 Å². The number of rotatable bonds is 1. The van der Waals surface area contributed by atoms with Crippen molar-refractivity contribution >= 4 is 8.07 Å². The molecule has 0 saturated carbocycles. The van der Waals surface area contributed by atoms with Gasteiger partial charge in [-0.15, -0.1) is 0 Å². The van der Waals surface area contributed by atoms with Crippen molar-refractivity contribution in [3.05, 3.63) is 29.1 Å². The Morgan fingerprint density at radius 3 is 2.73 bits per heavy atom. The molecule has 82 valence electrons. The molecule has 0 fully saturated rings. The first kappa shape index (κ1) is 10.9. The van der Waals surface area contributed by atoms with E-state index in [1.165, 1.54) is 30.5 Å². The topological polar surface area (TPSA) is 12.9 Å². The molecular formula is C13H21NSi. The van der Waals surface area contributed by atoms with Gasteiger partial charge < -0.3 is 0 Å². The fraction of sp³-hybridized carbons (Fsp3) is 0.615. The lowest BCUT2D eigenvalue weighted by Gasteiger charge is -2.34. The maximum absolute atomic E-state index is 4.66. The molecule has 1 heterocycles. The van der Waals surface area contributed by atoms with Crippen LogP contribution in [0.4, 0.5) is 0 Å². The smallest absolute Gasteiger partial charge is 0.0541 e. The second-order valence-corrected chi connectivity index (χ2v) is 11.2. The Hall–Kier alpha value is -0.633. The van der Waals surface area contributed by atoms with Crippen LogP contribution in [0.25, 0.3) is 0 Å². The monoisotopic (exact) mass is 219 g/mol. The average Bonchev–Trinajstić information content (AvgIpc) is 2.16. The van der Waals surface area contributed by atoms with Crippen LogP contribution in [0.15, 0.2) is 12.3 Å². The quantitative estimate of drug-likeness (QED) is 0.657. The highest BCUT2D eigenvalue weighted by Crippen LogP contribution is 2.37. The van der Waals surface area contributed by atoms with Gasteiger partial charge >= 0.3 is 0 Å². The summed E-state index contributed by atoms with van der Waals surface area (Å²) in [4.78, 5) is 4.66. The van der Waals surface area contributed by atoms with Crippen molar-refractivity contribution in [1.82, 2.24) is 4.98 Å². The Bertz CT molecular complexity index is 365. The lowest BCUT2D eigenvalue weighted by atomic mass is 9.92. The van der Waals surface area contributed by atoms with Crippen molar-refractivity contribution in [3.8, 4) is 0 Å². The summed E-state index contributed by atoms with van der Waals surface area (Å²) in [6.07, 6.45) is 5.95. The summed E-state index contributed by atoms with van der Waals surface area (Å²) in [5.74, 6) is 0. The largest absolute Gasteiger partial charge is 0.261 e. The van der Waals surface area contributed by atoms with Gasteiger partial charge in [-0.1, -0.05) is 19.6 Å². The number of aromatic nitrogens is 1. The van der Waals surface area contributed by atoms with Gasteiger partial charge in [0.05, 0.1) is 8.07 Å². The summed E-state index contributed by atoms with van der Waals surface area (Å²) in [6.45, 7) is 9.64. The Morgan fingerprint density at radius 1 is 1.33 bits per heavy atom. The molecule has 15 heavy (non-hydrogen) atoms. The summed E-state index contributed by atoms with van der Waals surface area (Å²) in [7, 11) is -1.09. The van der Waals surface area contributed by atoms with Gasteiger partial charge in [0.1, 0.15) is 0 Å². The van der Waals surface area contributed by atoms with Crippen LogP contribution < -0.4 is 0 Å². The third-order valence-corrected chi connectivity index (χ3v) is 6.27. The molecule has 1 unspecified atom stereocenters. The SMILES string of the molecule is Cc1ccnc2c1CCCC2[Si](C)(C)C. The standard InChI is InChI=1S/C13H21NSi/c1-10-8-9-14-13-11(10)6-5-7-12(13)15(2,3)4/h8-9,12H,5-7H2,1-4H3. The van der Waals surface area contributed by atoms with Crippen LogP contribution in [0, 0.1) is 6.92 Å². The van der Waals surface area contributed by atoms with E-state index in [0.29, 0.717) is 0 Å². The normalized spacial score (nSPS) is 21.2. The van der Waals surface area contributed by atoms with Gasteiger partial charge in [0.15, 0.2) is 0 Å². The van der Waals surface area contributed by atoms with Crippen molar-refractivity contribution in [3.63, 3.8) is 0 Å². The summed E-state index contributed by atoms with van der Waals surface area (Å²) in [5.41, 5.74) is 5.21. The first-order valence-corrected chi connectivity index (χ1v) is 9.52. The number of pyridine rings is 1. The van der Waals surface area contributed by atoms with Crippen LogP contribution in [0.5, 0.6) is 0 Å². The lowest BCUT2D eigenvalue weighted by Crippen LogP contribution is -2.34. The van der Waals surface area contributed by atoms with Gasteiger partial charge in [-0.25, -0.2) is 0 Å². The molecule has 1 aliphatic rings. The number of fused-ring (bicyclic) bond motifs is 1. The van der Waals surface area contributed by atoms with E-state index in [0.717, 1.165) is 5.54 Å². The Kier molecular flexibility index (Phi) is 2.71. The molecule has 0 spiro atoms. The van der Waals surface area contributed by atoms with Crippen LogP contribution in [-0.2, 0) is 6.42 Å². The highest BCUT2D eigenvalue weighted by atomic mass is 28.3. The van der Waals surface area contributed by atoms with Crippen molar-refractivity contribution in [2.24, 2.45) is 0 Å². The number of hydrogen-bond acceptors (Lipinski definition) is 1. The first-order chi connectivity index (χ1) is 7.00. The molecule has 0 N–H and O–H groups in total. The highest BCUT2D eigenvalue weighted by molar-refractivity contribution is 6.77. The maximum atomic E-state index is 4.66. The van der Waals surface area contributed by atoms with Gasteiger partial charge in [-0.3, -0.25) is 4.98 Å². The summed E-state index contributed by atoms with van der Waals surface area (Å²) < 4.78 is 0. The highest BCUT2D eigenvalue weighted by Gasteiger charge is 2.33. The van der Waals surface area contributed by atoms with Gasteiger partial charge in [0.25, 0.3) is 0 Å². The lowest BCUT2D eigenvalue weighted by molar-refractivity contribution is 0.630. The average molecular weight is 219 g/mol. The van der Waals surface area contributed by atoms with E-state index < -0.39 is 8.07 Å². The Morgan fingerprint density at radius 2 is 2.07 bits per heavy atom. The fourth-order valence-electron chi connectivity index (χ4n) is 2.70. The molecule has 1 aliphatic carbocycles. The van der Waals surface area contributed by atoms with E-state index in [1.807, 2.05) is 6.20 Å². The number of aryl methyl sites for hydroxylation is 1. The minimum absolute atomic E-state index is 0.779. The third kappa shape index (κ3) is 2.00. The summed E-state index contributed by atoms with van der Waals surface area (Å²) in [6, 6.07) is 2.16. The van der Waals surface area contributed by atoms with Gasteiger partial charge in [-0.05, 0) is 48.9 Å². The summed E-state index contributed by atoms with van der Waals surface area (Å²) in [5, 5.41) is 0. The van der Waals surface area contributed by atoms with E-state index in [4.69, 9.17) is 0 Å². The molecule has 0 bridgehead atoms. The van der Waals surface area contributed by atoms with Crippen LogP contribution in [0.2, 0.25) is 19.6 Å². The molecular weight excluding hydrogens is 198 g/mol. The van der Waals surface area contributed by atoms with E-state index in [1.54, 1.807) is 5.56 Å². The molecule has 1 aromatic heterocycles. The van der Waals surface area contributed by atoms with Crippen LogP contribution in [-0.4, -0.2) is 13.1 Å². The molecule has 1 nitrogen and oxygen atoms in total. The second-order valence-electron chi connectivity index (χ2n) is 5.80. The predicted molar refractivity (Wildman–Crippen MR) is 68.0 cm³/mol.